The molecular weight excluding hydrogens is 256 g/mol. The summed E-state index contributed by atoms with van der Waals surface area (Å²) in [5.41, 5.74) is 1.76. The molecule has 0 bridgehead atoms. The zero-order valence-electron chi connectivity index (χ0n) is 10.3. The van der Waals surface area contributed by atoms with Gasteiger partial charge in [0.25, 0.3) is 0 Å². The molecule has 0 atom stereocenters. The lowest BCUT2D eigenvalue weighted by Gasteiger charge is -2.04. The van der Waals surface area contributed by atoms with Gasteiger partial charge in [0.15, 0.2) is 0 Å². The van der Waals surface area contributed by atoms with Crippen LogP contribution in [0.5, 0.6) is 0 Å². The Hall–Kier alpha value is -3.02. The molecule has 0 aliphatic carbocycles. The molecule has 0 radical (unpaired) electrons. The first-order valence-electron chi connectivity index (χ1n) is 5.88. The van der Waals surface area contributed by atoms with E-state index in [2.05, 4.69) is 15.0 Å². The number of hydrogen-bond donors (Lipinski definition) is 1. The van der Waals surface area contributed by atoms with Crippen molar-refractivity contribution in [3.05, 3.63) is 60.9 Å². The van der Waals surface area contributed by atoms with Gasteiger partial charge in [-0.05, 0) is 17.7 Å². The summed E-state index contributed by atoms with van der Waals surface area (Å²) in [5, 5.41) is 8.98. The Balaban J connectivity index is 1.95. The molecule has 0 fully saturated rings. The van der Waals surface area contributed by atoms with Gasteiger partial charge in [-0.25, -0.2) is 19.7 Å². The predicted molar refractivity (Wildman–Crippen MR) is 71.5 cm³/mol. The maximum Gasteiger partial charge on any atom is 0.335 e. The first-order chi connectivity index (χ1) is 9.74. The second kappa shape index (κ2) is 4.93. The van der Waals surface area contributed by atoms with Gasteiger partial charge >= 0.3 is 5.97 Å². The van der Waals surface area contributed by atoms with Gasteiger partial charge in [0.1, 0.15) is 6.33 Å². The Kier molecular flexibility index (Phi) is 2.96. The van der Waals surface area contributed by atoms with Gasteiger partial charge in [-0.15, -0.1) is 0 Å². The Morgan fingerprint density at radius 3 is 2.60 bits per heavy atom. The van der Waals surface area contributed by atoms with Gasteiger partial charge in [0.2, 0.25) is 5.95 Å². The van der Waals surface area contributed by atoms with E-state index in [1.165, 1.54) is 0 Å². The van der Waals surface area contributed by atoms with E-state index in [0.717, 1.165) is 11.1 Å². The molecule has 20 heavy (non-hydrogen) atoms. The smallest absolute Gasteiger partial charge is 0.335 e. The standard InChI is InChI=1S/C14H10N4O2/c19-13(20)11-3-1-2-10(6-11)12-7-16-14(17-8-12)18-5-4-15-9-18/h1-9H,(H,19,20). The van der Waals surface area contributed by atoms with Crippen molar-refractivity contribution in [1.82, 2.24) is 19.5 Å². The molecule has 2 heterocycles. The van der Waals surface area contributed by atoms with Gasteiger partial charge in [-0.1, -0.05) is 12.1 Å². The fourth-order valence-electron chi connectivity index (χ4n) is 1.81. The topological polar surface area (TPSA) is 80.9 Å². The van der Waals surface area contributed by atoms with Crippen molar-refractivity contribution in [2.24, 2.45) is 0 Å². The highest BCUT2D eigenvalue weighted by Crippen LogP contribution is 2.19. The van der Waals surface area contributed by atoms with Crippen LogP contribution in [0.3, 0.4) is 0 Å². The molecule has 2 aromatic heterocycles. The Morgan fingerprint density at radius 1 is 1.15 bits per heavy atom. The second-order valence-corrected chi connectivity index (χ2v) is 4.13. The zero-order chi connectivity index (χ0) is 13.9. The van der Waals surface area contributed by atoms with E-state index < -0.39 is 5.97 Å². The molecule has 1 aromatic carbocycles. The van der Waals surface area contributed by atoms with Crippen molar-refractivity contribution in [2.45, 2.75) is 0 Å². The third-order valence-electron chi connectivity index (χ3n) is 2.82. The Labute approximate surface area is 114 Å². The highest BCUT2D eigenvalue weighted by molar-refractivity contribution is 5.89. The molecule has 6 nitrogen and oxygen atoms in total. The molecule has 3 aromatic rings. The number of nitrogens with zero attached hydrogens (tertiary/aromatic N) is 4. The van der Waals surface area contributed by atoms with Crippen molar-refractivity contribution in [3.63, 3.8) is 0 Å². The fraction of sp³-hybridized carbons (Fsp3) is 0. The number of hydrogen-bond acceptors (Lipinski definition) is 4. The summed E-state index contributed by atoms with van der Waals surface area (Å²) in [5.74, 6) is -0.441. The lowest BCUT2D eigenvalue weighted by atomic mass is 10.1. The highest BCUT2D eigenvalue weighted by atomic mass is 16.4. The SMILES string of the molecule is O=C(O)c1cccc(-c2cnc(-n3ccnc3)nc2)c1. The average Bonchev–Trinajstić information content (AvgIpc) is 3.02. The first-order valence-corrected chi connectivity index (χ1v) is 5.88. The van der Waals surface area contributed by atoms with Crippen molar-refractivity contribution >= 4 is 5.97 Å². The molecule has 0 spiro atoms. The minimum Gasteiger partial charge on any atom is -0.478 e. The third-order valence-corrected chi connectivity index (χ3v) is 2.82. The van der Waals surface area contributed by atoms with Crippen molar-refractivity contribution < 1.29 is 9.90 Å². The van der Waals surface area contributed by atoms with Crippen LogP contribution in [-0.2, 0) is 0 Å². The van der Waals surface area contributed by atoms with E-state index in [1.54, 1.807) is 53.9 Å². The van der Waals surface area contributed by atoms with Gasteiger partial charge in [-0.3, -0.25) is 4.57 Å². The van der Waals surface area contributed by atoms with E-state index in [9.17, 15) is 4.79 Å². The van der Waals surface area contributed by atoms with Crippen LogP contribution < -0.4 is 0 Å². The van der Waals surface area contributed by atoms with Crippen LogP contribution in [0.25, 0.3) is 17.1 Å². The number of rotatable bonds is 3. The number of aromatic carboxylic acids is 1. The summed E-state index contributed by atoms with van der Waals surface area (Å²) in [6, 6.07) is 6.66. The quantitative estimate of drug-likeness (QED) is 0.784. The predicted octanol–water partition coefficient (Wildman–Crippen LogP) is 2.03. The molecule has 0 aliphatic rings. The van der Waals surface area contributed by atoms with Gasteiger partial charge in [0, 0.05) is 30.4 Å². The van der Waals surface area contributed by atoms with Crippen LogP contribution in [-0.4, -0.2) is 30.6 Å². The summed E-state index contributed by atoms with van der Waals surface area (Å²) in [6.07, 6.45) is 8.32. The van der Waals surface area contributed by atoms with Crippen molar-refractivity contribution in [1.29, 1.82) is 0 Å². The molecule has 0 amide bonds. The second-order valence-electron chi connectivity index (χ2n) is 4.13. The van der Waals surface area contributed by atoms with Gasteiger partial charge < -0.3 is 5.11 Å². The number of carboxylic acid groups (broad SMARTS) is 1. The average molecular weight is 266 g/mol. The summed E-state index contributed by atoms with van der Waals surface area (Å²) in [4.78, 5) is 23.4. The van der Waals surface area contributed by atoms with Crippen LogP contribution in [0.15, 0.2) is 55.4 Å². The number of benzene rings is 1. The van der Waals surface area contributed by atoms with Crippen molar-refractivity contribution in [3.8, 4) is 17.1 Å². The van der Waals surface area contributed by atoms with Crippen LogP contribution in [0, 0.1) is 0 Å². The van der Waals surface area contributed by atoms with E-state index in [4.69, 9.17) is 5.11 Å². The zero-order valence-corrected chi connectivity index (χ0v) is 10.3. The monoisotopic (exact) mass is 266 g/mol. The first kappa shape index (κ1) is 12.0. The normalized spacial score (nSPS) is 10.4. The minimum atomic E-state index is -0.956. The minimum absolute atomic E-state index is 0.237. The number of imidazole rings is 1. The molecule has 0 saturated heterocycles. The summed E-state index contributed by atoms with van der Waals surface area (Å²) in [7, 11) is 0. The van der Waals surface area contributed by atoms with Gasteiger partial charge in [-0.2, -0.15) is 0 Å². The number of carbonyl (C=O) groups is 1. The molecular formula is C14H10N4O2. The molecule has 1 N–H and O–H groups in total. The molecule has 6 heteroatoms. The Morgan fingerprint density at radius 2 is 1.95 bits per heavy atom. The number of aromatic nitrogens is 4. The van der Waals surface area contributed by atoms with Crippen LogP contribution >= 0.6 is 0 Å². The van der Waals surface area contributed by atoms with Crippen LogP contribution in [0.2, 0.25) is 0 Å². The maximum atomic E-state index is 11.0. The summed E-state index contributed by atoms with van der Waals surface area (Å²) in [6.45, 7) is 0. The molecule has 0 saturated carbocycles. The van der Waals surface area contributed by atoms with E-state index >= 15 is 0 Å². The largest absolute Gasteiger partial charge is 0.478 e. The van der Waals surface area contributed by atoms with E-state index in [-0.39, 0.29) is 5.56 Å². The molecule has 0 aliphatic heterocycles. The molecule has 98 valence electrons. The molecule has 3 rings (SSSR count). The number of carboxylic acids is 1. The summed E-state index contributed by atoms with van der Waals surface area (Å²) >= 11 is 0. The van der Waals surface area contributed by atoms with Crippen LogP contribution in [0.4, 0.5) is 0 Å². The van der Waals surface area contributed by atoms with Crippen molar-refractivity contribution in [2.75, 3.05) is 0 Å². The lowest BCUT2D eigenvalue weighted by molar-refractivity contribution is 0.0697. The van der Waals surface area contributed by atoms with Gasteiger partial charge in [0.05, 0.1) is 5.56 Å². The lowest BCUT2D eigenvalue weighted by Crippen LogP contribution is -1.99. The Bertz CT molecular complexity index is 736. The highest BCUT2D eigenvalue weighted by Gasteiger charge is 2.06. The van der Waals surface area contributed by atoms with E-state index in [0.29, 0.717) is 5.95 Å². The summed E-state index contributed by atoms with van der Waals surface area (Å²) < 4.78 is 1.69. The molecule has 0 unspecified atom stereocenters. The van der Waals surface area contributed by atoms with Crippen LogP contribution in [0.1, 0.15) is 10.4 Å². The van der Waals surface area contributed by atoms with E-state index in [1.807, 2.05) is 6.07 Å². The maximum absolute atomic E-state index is 11.0. The fourth-order valence-corrected chi connectivity index (χ4v) is 1.81. The third kappa shape index (κ3) is 2.26.